The highest BCUT2D eigenvalue weighted by atomic mass is 35.5. The lowest BCUT2D eigenvalue weighted by Gasteiger charge is -1.97. The second kappa shape index (κ2) is 5.40. The summed E-state index contributed by atoms with van der Waals surface area (Å²) in [6.07, 6.45) is 1.80. The number of hydrogen-bond donors (Lipinski definition) is 1. The van der Waals surface area contributed by atoms with E-state index in [4.69, 9.17) is 16.1 Å². The van der Waals surface area contributed by atoms with Crippen molar-refractivity contribution in [1.82, 2.24) is 24.9 Å². The van der Waals surface area contributed by atoms with Crippen LogP contribution in [0.3, 0.4) is 0 Å². The summed E-state index contributed by atoms with van der Waals surface area (Å²) in [5, 5.41) is 10.3. The molecule has 0 radical (unpaired) electrons. The molecule has 0 unspecified atom stereocenters. The Morgan fingerprint density at radius 2 is 2.08 bits per heavy atom. The van der Waals surface area contributed by atoms with Gasteiger partial charge in [0.05, 0.1) is 22.3 Å². The SMILES string of the molecule is Cn1ncc2ccc(-c3noc(-c4cc5c(Cl)cc(F)cc5[nH]4)n3)cc21. The first kappa shape index (κ1) is 15.1. The Bertz CT molecular complexity index is 1290. The third-order valence-corrected chi connectivity index (χ3v) is 4.63. The number of nitrogens with zero attached hydrogens (tertiary/aromatic N) is 4. The van der Waals surface area contributed by atoms with E-state index >= 15 is 0 Å². The van der Waals surface area contributed by atoms with Gasteiger partial charge in [0.15, 0.2) is 0 Å². The number of rotatable bonds is 2. The number of aromatic nitrogens is 5. The number of aryl methyl sites for hydroxylation is 1. The minimum atomic E-state index is -0.411. The number of halogens is 2. The van der Waals surface area contributed by atoms with Gasteiger partial charge in [0.2, 0.25) is 5.82 Å². The average Bonchev–Trinajstić information content (AvgIpc) is 3.33. The predicted molar refractivity (Wildman–Crippen MR) is 96.3 cm³/mol. The van der Waals surface area contributed by atoms with Gasteiger partial charge in [-0.05, 0) is 24.3 Å². The lowest BCUT2D eigenvalue weighted by molar-refractivity contribution is 0.431. The maximum absolute atomic E-state index is 13.5. The van der Waals surface area contributed by atoms with Gasteiger partial charge in [-0.25, -0.2) is 4.39 Å². The van der Waals surface area contributed by atoms with Crippen LogP contribution in [-0.2, 0) is 7.05 Å². The Labute approximate surface area is 151 Å². The zero-order valence-electron chi connectivity index (χ0n) is 13.5. The molecule has 0 bridgehead atoms. The average molecular weight is 368 g/mol. The summed E-state index contributed by atoms with van der Waals surface area (Å²) in [5.74, 6) is 0.350. The van der Waals surface area contributed by atoms with E-state index in [1.165, 1.54) is 12.1 Å². The molecular formula is C18H11ClFN5O. The van der Waals surface area contributed by atoms with E-state index in [1.807, 2.05) is 25.2 Å². The smallest absolute Gasteiger partial charge is 0.274 e. The minimum absolute atomic E-state index is 0.303. The topological polar surface area (TPSA) is 72.5 Å². The van der Waals surface area contributed by atoms with E-state index in [0.29, 0.717) is 33.3 Å². The van der Waals surface area contributed by atoms with E-state index < -0.39 is 5.82 Å². The van der Waals surface area contributed by atoms with Crippen molar-refractivity contribution in [3.63, 3.8) is 0 Å². The summed E-state index contributed by atoms with van der Waals surface area (Å²) in [4.78, 5) is 7.50. The molecule has 0 aliphatic rings. The molecule has 0 amide bonds. The number of fused-ring (bicyclic) bond motifs is 2. The van der Waals surface area contributed by atoms with Gasteiger partial charge in [-0.2, -0.15) is 10.1 Å². The molecule has 1 N–H and O–H groups in total. The van der Waals surface area contributed by atoms with Gasteiger partial charge in [0.25, 0.3) is 5.89 Å². The zero-order valence-corrected chi connectivity index (χ0v) is 14.3. The fourth-order valence-corrected chi connectivity index (χ4v) is 3.27. The highest BCUT2D eigenvalue weighted by Gasteiger charge is 2.15. The molecule has 5 aromatic rings. The number of benzene rings is 2. The summed E-state index contributed by atoms with van der Waals surface area (Å²) in [5.41, 5.74) is 2.94. The molecule has 0 saturated carbocycles. The van der Waals surface area contributed by atoms with Crippen LogP contribution in [0, 0.1) is 5.82 Å². The second-order valence-corrected chi connectivity index (χ2v) is 6.40. The molecule has 8 heteroatoms. The zero-order chi connectivity index (χ0) is 17.8. The summed E-state index contributed by atoms with van der Waals surface area (Å²) in [7, 11) is 1.88. The van der Waals surface area contributed by atoms with Crippen molar-refractivity contribution in [3.8, 4) is 23.0 Å². The molecule has 26 heavy (non-hydrogen) atoms. The van der Waals surface area contributed by atoms with Crippen molar-refractivity contribution in [2.45, 2.75) is 0 Å². The third kappa shape index (κ3) is 2.28. The van der Waals surface area contributed by atoms with Crippen molar-refractivity contribution in [1.29, 1.82) is 0 Å². The highest BCUT2D eigenvalue weighted by Crippen LogP contribution is 2.30. The molecule has 2 aromatic carbocycles. The van der Waals surface area contributed by atoms with Crippen molar-refractivity contribution < 1.29 is 8.91 Å². The van der Waals surface area contributed by atoms with Crippen molar-refractivity contribution in [3.05, 3.63) is 53.4 Å². The van der Waals surface area contributed by atoms with Gasteiger partial charge in [0, 0.05) is 23.4 Å². The molecule has 0 spiro atoms. The van der Waals surface area contributed by atoms with E-state index in [9.17, 15) is 4.39 Å². The van der Waals surface area contributed by atoms with Crippen LogP contribution in [0.15, 0.2) is 47.1 Å². The molecule has 3 heterocycles. The first-order valence-corrected chi connectivity index (χ1v) is 8.20. The number of H-pyrrole nitrogens is 1. The summed E-state index contributed by atoms with van der Waals surface area (Å²) in [6.45, 7) is 0. The van der Waals surface area contributed by atoms with Crippen molar-refractivity contribution in [2.24, 2.45) is 7.05 Å². The maximum Gasteiger partial charge on any atom is 0.274 e. The Balaban J connectivity index is 1.59. The molecule has 0 atom stereocenters. The summed E-state index contributed by atoms with van der Waals surface area (Å²) in [6, 6.07) is 10.2. The van der Waals surface area contributed by atoms with Gasteiger partial charge in [-0.3, -0.25) is 4.68 Å². The molecule has 0 fully saturated rings. The van der Waals surface area contributed by atoms with Crippen LogP contribution >= 0.6 is 11.6 Å². The number of aromatic amines is 1. The molecule has 0 aliphatic carbocycles. The maximum atomic E-state index is 13.5. The number of hydrogen-bond acceptors (Lipinski definition) is 4. The largest absolute Gasteiger partial charge is 0.350 e. The Kier molecular flexibility index (Phi) is 3.14. The molecular weight excluding hydrogens is 357 g/mol. The molecule has 128 valence electrons. The molecule has 3 aromatic heterocycles. The van der Waals surface area contributed by atoms with Crippen LogP contribution in [0.4, 0.5) is 4.39 Å². The summed E-state index contributed by atoms with van der Waals surface area (Å²) >= 11 is 6.09. The van der Waals surface area contributed by atoms with Gasteiger partial charge < -0.3 is 9.51 Å². The fraction of sp³-hybridized carbons (Fsp3) is 0.0556. The van der Waals surface area contributed by atoms with Gasteiger partial charge in [0.1, 0.15) is 11.5 Å². The van der Waals surface area contributed by atoms with Crippen molar-refractivity contribution >= 4 is 33.4 Å². The third-order valence-electron chi connectivity index (χ3n) is 4.32. The second-order valence-electron chi connectivity index (χ2n) is 6.00. The van der Waals surface area contributed by atoms with Crippen LogP contribution in [0.5, 0.6) is 0 Å². The van der Waals surface area contributed by atoms with E-state index in [0.717, 1.165) is 16.5 Å². The number of nitrogens with one attached hydrogen (secondary N) is 1. The quantitative estimate of drug-likeness (QED) is 0.496. The lowest BCUT2D eigenvalue weighted by atomic mass is 10.1. The van der Waals surface area contributed by atoms with Gasteiger partial charge in [-0.15, -0.1) is 0 Å². The standard InChI is InChI=1S/C18H11ClFN5O/c1-25-16-4-9(2-3-10(16)8-21-25)17-23-18(26-24-17)15-7-12-13(19)5-11(20)6-14(12)22-15/h2-8,22H,1H3. The Morgan fingerprint density at radius 3 is 2.96 bits per heavy atom. The van der Waals surface area contributed by atoms with E-state index in [-0.39, 0.29) is 0 Å². The molecule has 6 nitrogen and oxygen atoms in total. The van der Waals surface area contributed by atoms with Crippen molar-refractivity contribution in [2.75, 3.05) is 0 Å². The fourth-order valence-electron chi connectivity index (χ4n) is 3.01. The van der Waals surface area contributed by atoms with Gasteiger partial charge in [-0.1, -0.05) is 28.9 Å². The van der Waals surface area contributed by atoms with Crippen LogP contribution in [0.25, 0.3) is 44.8 Å². The first-order valence-electron chi connectivity index (χ1n) is 7.82. The molecule has 0 saturated heterocycles. The Hall–Kier alpha value is -3.19. The molecule has 0 aliphatic heterocycles. The van der Waals surface area contributed by atoms with E-state index in [1.54, 1.807) is 16.9 Å². The highest BCUT2D eigenvalue weighted by molar-refractivity contribution is 6.35. The normalized spacial score (nSPS) is 11.7. The first-order chi connectivity index (χ1) is 12.6. The van der Waals surface area contributed by atoms with Gasteiger partial charge >= 0.3 is 0 Å². The van der Waals surface area contributed by atoms with Crippen LogP contribution in [-0.4, -0.2) is 24.9 Å². The lowest BCUT2D eigenvalue weighted by Crippen LogP contribution is -1.89. The summed E-state index contributed by atoms with van der Waals surface area (Å²) < 4.78 is 20.7. The monoisotopic (exact) mass is 367 g/mol. The van der Waals surface area contributed by atoms with Crippen LogP contribution in [0.1, 0.15) is 0 Å². The van der Waals surface area contributed by atoms with Crippen LogP contribution in [0.2, 0.25) is 5.02 Å². The minimum Gasteiger partial charge on any atom is -0.350 e. The van der Waals surface area contributed by atoms with E-state index in [2.05, 4.69) is 20.2 Å². The molecule has 5 rings (SSSR count). The predicted octanol–water partition coefficient (Wildman–Crippen LogP) is 4.56. The van der Waals surface area contributed by atoms with Crippen LogP contribution < -0.4 is 0 Å². The Morgan fingerprint density at radius 1 is 1.19 bits per heavy atom.